The van der Waals surface area contributed by atoms with E-state index in [1.807, 2.05) is 0 Å². The number of ketones is 2. The molecule has 2 bridgehead atoms. The van der Waals surface area contributed by atoms with Gasteiger partial charge in [-0.1, -0.05) is 80.6 Å². The van der Waals surface area contributed by atoms with E-state index in [1.165, 1.54) is 32.9 Å². The number of benzene rings is 3. The highest BCUT2D eigenvalue weighted by Gasteiger charge is 2.78. The molecule has 0 spiro atoms. The lowest BCUT2D eigenvalue weighted by atomic mass is 9.41. The molecule has 3 aromatic rings. The first-order valence-corrected chi connectivity index (χ1v) is 21.5. The van der Waals surface area contributed by atoms with Crippen LogP contribution < -0.4 is 11.1 Å². The van der Waals surface area contributed by atoms with Gasteiger partial charge in [0.2, 0.25) is 6.10 Å². The summed E-state index contributed by atoms with van der Waals surface area (Å²) in [6.07, 6.45) is -10.4. The standard InChI is InChI=1S/C49H54N2O14/c1-26-32(63-45(59)39(64-35(55)24-50)37(29-16-10-7-11-17-29)51-43(57)30-18-12-8-13-19-30)23-49(60)42(65-44(58)31-20-14-9-15-21-31)40-47(6,33(54)22-34-48(40,25-61-34)27(2)52)41(56)38(62-28(3)53)36(26)46(49,4)5/h7-21,32-34,37-40,42,54,60H,22-25,50H2,1-6H3,(H,51,57)/t32?,33-,34+,37-,38+,39+,40?,42-,47+,48-,49+/m0/s1. The number of rotatable bonds is 12. The molecule has 0 aromatic heterocycles. The van der Waals surface area contributed by atoms with Crippen molar-refractivity contribution in [2.75, 3.05) is 13.2 Å². The van der Waals surface area contributed by atoms with E-state index < -0.39 is 125 Å². The van der Waals surface area contributed by atoms with Gasteiger partial charge in [-0.05, 0) is 61.7 Å². The summed E-state index contributed by atoms with van der Waals surface area (Å²) in [5.41, 5.74) is -1.32. The highest BCUT2D eigenvalue weighted by molar-refractivity contribution is 5.98. The summed E-state index contributed by atoms with van der Waals surface area (Å²) in [7, 11) is 0. The number of hydrogen-bond acceptors (Lipinski definition) is 15. The highest BCUT2D eigenvalue weighted by atomic mass is 16.6. The molecule has 344 valence electrons. The molecule has 1 amide bonds. The van der Waals surface area contributed by atoms with Crippen LogP contribution in [0.2, 0.25) is 0 Å². The quantitative estimate of drug-likeness (QED) is 0.116. The van der Waals surface area contributed by atoms with Gasteiger partial charge in [0, 0.05) is 36.7 Å². The molecule has 3 aliphatic carbocycles. The molecule has 0 radical (unpaired) electrons. The lowest BCUT2D eigenvalue weighted by molar-refractivity contribution is -0.306. The van der Waals surface area contributed by atoms with Crippen molar-refractivity contribution in [3.05, 3.63) is 119 Å². The van der Waals surface area contributed by atoms with Crippen LogP contribution in [0.25, 0.3) is 0 Å². The molecule has 1 aliphatic heterocycles. The van der Waals surface area contributed by atoms with Crippen molar-refractivity contribution >= 4 is 41.4 Å². The first-order chi connectivity index (χ1) is 30.7. The lowest BCUT2D eigenvalue weighted by Gasteiger charge is -2.67. The molecule has 2 saturated carbocycles. The smallest absolute Gasteiger partial charge is 0.350 e. The van der Waals surface area contributed by atoms with Gasteiger partial charge in [0.05, 0.1) is 41.8 Å². The normalized spacial score (nSPS) is 30.9. The molecule has 4 aliphatic rings. The molecule has 3 fully saturated rings. The minimum absolute atomic E-state index is 0.0202. The zero-order chi connectivity index (χ0) is 47.2. The number of aliphatic hydroxyl groups is 2. The monoisotopic (exact) mass is 894 g/mol. The summed E-state index contributed by atoms with van der Waals surface area (Å²) >= 11 is 0. The van der Waals surface area contributed by atoms with Gasteiger partial charge >= 0.3 is 23.9 Å². The van der Waals surface area contributed by atoms with E-state index in [9.17, 15) is 39.0 Å². The van der Waals surface area contributed by atoms with Crippen LogP contribution in [-0.4, -0.2) is 107 Å². The van der Waals surface area contributed by atoms with E-state index in [2.05, 4.69) is 5.32 Å². The van der Waals surface area contributed by atoms with Gasteiger partial charge < -0.3 is 44.9 Å². The van der Waals surface area contributed by atoms with E-state index >= 15 is 4.79 Å². The van der Waals surface area contributed by atoms with Gasteiger partial charge in [-0.25, -0.2) is 9.59 Å². The second-order valence-corrected chi connectivity index (χ2v) is 18.1. The number of carbonyl (C=O) groups excluding carboxylic acids is 7. The van der Waals surface area contributed by atoms with Crippen molar-refractivity contribution in [2.45, 2.75) is 103 Å². The van der Waals surface area contributed by atoms with Crippen molar-refractivity contribution < 1.29 is 67.5 Å². The van der Waals surface area contributed by atoms with Crippen LogP contribution in [0.15, 0.2) is 102 Å². The van der Waals surface area contributed by atoms with Crippen molar-refractivity contribution in [1.29, 1.82) is 0 Å². The predicted octanol–water partition coefficient (Wildman–Crippen LogP) is 3.52. The maximum atomic E-state index is 15.6. The molecular weight excluding hydrogens is 841 g/mol. The summed E-state index contributed by atoms with van der Waals surface area (Å²) < 4.78 is 30.2. The third-order valence-electron chi connectivity index (χ3n) is 14.3. The van der Waals surface area contributed by atoms with Crippen LogP contribution in [0.5, 0.6) is 0 Å². The van der Waals surface area contributed by atoms with Crippen molar-refractivity contribution in [3.63, 3.8) is 0 Å². The molecule has 1 saturated heterocycles. The fraction of sp³-hybridized carbons (Fsp3) is 0.449. The van der Waals surface area contributed by atoms with Crippen LogP contribution in [0.3, 0.4) is 0 Å². The number of hydrogen-bond donors (Lipinski definition) is 4. The number of aliphatic hydroxyl groups excluding tert-OH is 1. The maximum absolute atomic E-state index is 15.6. The minimum atomic E-state index is -2.41. The first kappa shape index (κ1) is 46.9. The van der Waals surface area contributed by atoms with E-state index in [4.69, 9.17) is 29.4 Å². The Balaban J connectivity index is 1.42. The Morgan fingerprint density at radius 2 is 1.45 bits per heavy atom. The van der Waals surface area contributed by atoms with Crippen molar-refractivity contribution in [3.8, 4) is 0 Å². The van der Waals surface area contributed by atoms with Crippen LogP contribution in [0, 0.1) is 22.2 Å². The Morgan fingerprint density at radius 3 is 1.98 bits per heavy atom. The summed E-state index contributed by atoms with van der Waals surface area (Å²) in [5, 5.41) is 28.7. The summed E-state index contributed by atoms with van der Waals surface area (Å²) in [4.78, 5) is 98.8. The number of esters is 4. The molecule has 7 rings (SSSR count). The van der Waals surface area contributed by atoms with Gasteiger partial charge in [0.1, 0.15) is 29.6 Å². The zero-order valence-electron chi connectivity index (χ0n) is 37.0. The molecule has 16 heteroatoms. The van der Waals surface area contributed by atoms with Gasteiger partial charge in [-0.2, -0.15) is 0 Å². The number of amides is 1. The maximum Gasteiger partial charge on any atom is 0.350 e. The van der Waals surface area contributed by atoms with E-state index in [-0.39, 0.29) is 35.3 Å². The van der Waals surface area contributed by atoms with E-state index in [1.54, 1.807) is 92.7 Å². The predicted molar refractivity (Wildman–Crippen MR) is 229 cm³/mol. The SMILES string of the molecule is CC(=O)O[C@H]1C(=O)[C@@]2(C)C([C@H](OC(=O)c3ccccc3)[C@]3(O)CC(OC(=O)[C@H](OC(=O)CN)[C@@H](NC(=O)c4ccccc4)c4ccccc4)C(C)=C1C3(C)C)[C@]1(C(C)=O)CO[C@@H]1C[C@@H]2O. The third-order valence-corrected chi connectivity index (χ3v) is 14.3. The van der Waals surface area contributed by atoms with Crippen LogP contribution in [0.4, 0.5) is 0 Å². The Labute approximate surface area is 375 Å². The van der Waals surface area contributed by atoms with E-state index in [0.717, 1.165) is 6.92 Å². The Morgan fingerprint density at radius 1 is 0.862 bits per heavy atom. The molecule has 1 heterocycles. The summed E-state index contributed by atoms with van der Waals surface area (Å²) in [6.45, 7) is 7.52. The van der Waals surface area contributed by atoms with Crippen LogP contribution in [0.1, 0.15) is 86.7 Å². The second-order valence-electron chi connectivity index (χ2n) is 18.1. The minimum Gasteiger partial charge on any atom is -0.455 e. The number of carbonyl (C=O) groups is 7. The first-order valence-electron chi connectivity index (χ1n) is 21.5. The number of ether oxygens (including phenoxy) is 5. The van der Waals surface area contributed by atoms with Crippen LogP contribution in [-0.2, 0) is 47.7 Å². The molecule has 65 heavy (non-hydrogen) atoms. The average molecular weight is 895 g/mol. The number of Topliss-reactive ketones (excluding diaryl/α,β-unsaturated/α-hetero) is 2. The fourth-order valence-electron chi connectivity index (χ4n) is 10.7. The van der Waals surface area contributed by atoms with Crippen LogP contribution >= 0.6 is 0 Å². The fourth-order valence-corrected chi connectivity index (χ4v) is 10.7. The number of nitrogens with one attached hydrogen (secondary N) is 1. The van der Waals surface area contributed by atoms with Gasteiger partial charge in [-0.3, -0.25) is 24.0 Å². The Hall–Kier alpha value is -6.07. The Bertz CT molecular complexity index is 2410. The topological polar surface area (TPSA) is 244 Å². The van der Waals surface area contributed by atoms with Crippen molar-refractivity contribution in [1.82, 2.24) is 5.32 Å². The second kappa shape index (κ2) is 17.7. The lowest BCUT2D eigenvalue weighted by Crippen LogP contribution is -2.79. The molecule has 11 atom stereocenters. The highest BCUT2D eigenvalue weighted by Crippen LogP contribution is 2.66. The zero-order valence-corrected chi connectivity index (χ0v) is 37.0. The van der Waals surface area contributed by atoms with E-state index in [0.29, 0.717) is 5.56 Å². The average Bonchev–Trinajstić information content (AvgIpc) is 3.27. The molecule has 5 N–H and O–H groups in total. The largest absolute Gasteiger partial charge is 0.455 e. The summed E-state index contributed by atoms with van der Waals surface area (Å²) in [5.74, 6) is -7.53. The molecule has 16 nitrogen and oxygen atoms in total. The molecular formula is C49H54N2O14. The number of nitrogens with two attached hydrogens (primary N) is 1. The third kappa shape index (κ3) is 7.85. The molecule has 2 unspecified atom stereocenters. The van der Waals surface area contributed by atoms with Crippen molar-refractivity contribution in [2.24, 2.45) is 27.9 Å². The van der Waals surface area contributed by atoms with Gasteiger partial charge in [0.25, 0.3) is 5.91 Å². The van der Waals surface area contributed by atoms with Gasteiger partial charge in [0.15, 0.2) is 11.9 Å². The Kier molecular flexibility index (Phi) is 12.8. The molecule has 3 aromatic carbocycles. The number of fused-ring (bicyclic) bond motifs is 5. The summed E-state index contributed by atoms with van der Waals surface area (Å²) in [6, 6.07) is 22.8. The van der Waals surface area contributed by atoms with Gasteiger partial charge in [-0.15, -0.1) is 0 Å².